The maximum Gasteiger partial charge on any atom is 0.00922 e. The van der Waals surface area contributed by atoms with Gasteiger partial charge in [0.1, 0.15) is 0 Å². The fraction of sp³-hybridized carbons (Fsp3) is 0.917. The van der Waals surface area contributed by atoms with E-state index in [0.717, 1.165) is 29.7 Å². The lowest BCUT2D eigenvalue weighted by Gasteiger charge is -2.32. The van der Waals surface area contributed by atoms with Crippen molar-refractivity contribution in [3.8, 4) is 0 Å². The van der Waals surface area contributed by atoms with E-state index in [1.54, 1.807) is 0 Å². The number of allylic oxidation sites excluding steroid dienone is 2. The first-order valence-corrected chi connectivity index (χ1v) is 11.2. The molecule has 0 fully saturated rings. The van der Waals surface area contributed by atoms with E-state index in [-0.39, 0.29) is 0 Å². The average molecular weight is 352 g/mol. The van der Waals surface area contributed by atoms with E-state index in [1.165, 1.54) is 57.9 Å². The molecule has 0 saturated heterocycles. The molecule has 0 radical (unpaired) electrons. The number of hydrogen-bond donors (Lipinski definition) is 0. The summed E-state index contributed by atoms with van der Waals surface area (Å²) in [6, 6.07) is 0.757. The van der Waals surface area contributed by atoms with Crippen molar-refractivity contribution in [3.05, 3.63) is 12.2 Å². The van der Waals surface area contributed by atoms with Gasteiger partial charge < -0.3 is 4.90 Å². The summed E-state index contributed by atoms with van der Waals surface area (Å²) in [5.74, 6) is 3.34. The summed E-state index contributed by atoms with van der Waals surface area (Å²) >= 11 is 0. The maximum atomic E-state index is 2.66. The normalized spacial score (nSPS) is 15.2. The van der Waals surface area contributed by atoms with Gasteiger partial charge in [0.25, 0.3) is 0 Å². The molecule has 0 heterocycles. The molecule has 1 nitrogen and oxygen atoms in total. The third kappa shape index (κ3) is 12.7. The van der Waals surface area contributed by atoms with Gasteiger partial charge in [-0.25, -0.2) is 0 Å². The van der Waals surface area contributed by atoms with Gasteiger partial charge in [0.05, 0.1) is 0 Å². The summed E-state index contributed by atoms with van der Waals surface area (Å²) in [4.78, 5) is 2.66. The fourth-order valence-electron chi connectivity index (χ4n) is 3.82. The van der Waals surface area contributed by atoms with Crippen LogP contribution in [0, 0.1) is 23.7 Å². The molecule has 0 aromatic heterocycles. The molecule has 0 aromatic rings. The predicted octanol–water partition coefficient (Wildman–Crippen LogP) is 7.57. The molecule has 0 aromatic carbocycles. The second kappa shape index (κ2) is 14.8. The van der Waals surface area contributed by atoms with E-state index < -0.39 is 0 Å². The zero-order valence-corrected chi connectivity index (χ0v) is 18.9. The molecule has 150 valence electrons. The minimum Gasteiger partial charge on any atom is -0.303 e. The summed E-state index contributed by atoms with van der Waals surface area (Å²) in [6.45, 7) is 17.6. The molecule has 0 N–H and O–H groups in total. The van der Waals surface area contributed by atoms with Crippen LogP contribution in [-0.2, 0) is 0 Å². The van der Waals surface area contributed by atoms with Crippen molar-refractivity contribution in [3.63, 3.8) is 0 Å². The Labute approximate surface area is 160 Å². The monoisotopic (exact) mass is 351 g/mol. The van der Waals surface area contributed by atoms with Crippen LogP contribution in [0.25, 0.3) is 0 Å². The molecule has 0 saturated carbocycles. The van der Waals surface area contributed by atoms with Crippen molar-refractivity contribution in [1.82, 2.24) is 4.90 Å². The first-order valence-electron chi connectivity index (χ1n) is 11.2. The van der Waals surface area contributed by atoms with Crippen molar-refractivity contribution in [2.45, 2.75) is 106 Å². The molecule has 0 aliphatic heterocycles. The van der Waals surface area contributed by atoms with Crippen LogP contribution in [0.1, 0.15) is 99.8 Å². The Balaban J connectivity index is 4.60. The minimum atomic E-state index is 0.752. The van der Waals surface area contributed by atoms with Gasteiger partial charge >= 0.3 is 0 Å². The lowest BCUT2D eigenvalue weighted by molar-refractivity contribution is 0.179. The van der Waals surface area contributed by atoms with Crippen molar-refractivity contribution in [2.24, 2.45) is 23.7 Å². The Kier molecular flexibility index (Phi) is 14.6. The van der Waals surface area contributed by atoms with E-state index in [0.29, 0.717) is 0 Å². The zero-order chi connectivity index (χ0) is 19.2. The Morgan fingerprint density at radius 2 is 1.36 bits per heavy atom. The summed E-state index contributed by atoms with van der Waals surface area (Å²) in [6.07, 6.45) is 15.5. The van der Waals surface area contributed by atoms with Gasteiger partial charge in [-0.1, -0.05) is 79.4 Å². The van der Waals surface area contributed by atoms with Crippen LogP contribution in [0.4, 0.5) is 0 Å². The largest absolute Gasteiger partial charge is 0.303 e. The highest BCUT2D eigenvalue weighted by atomic mass is 15.1. The van der Waals surface area contributed by atoms with E-state index in [4.69, 9.17) is 0 Å². The molecule has 0 spiro atoms. The Morgan fingerprint density at radius 3 is 1.76 bits per heavy atom. The highest BCUT2D eigenvalue weighted by Crippen LogP contribution is 2.27. The van der Waals surface area contributed by atoms with Crippen molar-refractivity contribution in [2.75, 3.05) is 13.6 Å². The number of nitrogens with zero attached hydrogens (tertiary/aromatic N) is 1. The highest BCUT2D eigenvalue weighted by Gasteiger charge is 2.20. The third-order valence-corrected chi connectivity index (χ3v) is 5.85. The van der Waals surface area contributed by atoms with Gasteiger partial charge in [0.2, 0.25) is 0 Å². The molecule has 2 unspecified atom stereocenters. The van der Waals surface area contributed by atoms with E-state index >= 15 is 0 Å². The van der Waals surface area contributed by atoms with Crippen molar-refractivity contribution < 1.29 is 0 Å². The number of rotatable bonds is 15. The van der Waals surface area contributed by atoms with Gasteiger partial charge in [-0.2, -0.15) is 0 Å². The highest BCUT2D eigenvalue weighted by molar-refractivity contribution is 4.85. The van der Waals surface area contributed by atoms with Gasteiger partial charge in [0, 0.05) is 6.04 Å². The first kappa shape index (κ1) is 24.7. The molecule has 0 rings (SSSR count). The predicted molar refractivity (Wildman–Crippen MR) is 116 cm³/mol. The molecule has 1 heteroatoms. The number of hydrogen-bond acceptors (Lipinski definition) is 1. The van der Waals surface area contributed by atoms with Gasteiger partial charge in [-0.15, -0.1) is 0 Å². The van der Waals surface area contributed by atoms with Crippen LogP contribution < -0.4 is 0 Å². The lowest BCUT2D eigenvalue weighted by atomic mass is 9.85. The molecular weight excluding hydrogens is 302 g/mol. The summed E-state index contributed by atoms with van der Waals surface area (Å²) in [5.41, 5.74) is 0. The zero-order valence-electron chi connectivity index (χ0n) is 18.9. The molecule has 0 amide bonds. The van der Waals surface area contributed by atoms with E-state index in [1.807, 2.05) is 0 Å². The second-order valence-corrected chi connectivity index (χ2v) is 9.07. The Bertz CT molecular complexity index is 306. The topological polar surface area (TPSA) is 3.24 Å². The maximum absolute atomic E-state index is 2.66. The molecular formula is C24H49N. The van der Waals surface area contributed by atoms with Gasteiger partial charge in [-0.3, -0.25) is 0 Å². The standard InChI is InChI=1S/C24H49N/c1-9-12-22(10-2)17-18-25(8)24(11-3)19-23(15-13-20(4)5)16-14-21(6)7/h9,12,20-24H,10-11,13-19H2,1-8H3. The van der Waals surface area contributed by atoms with Crippen LogP contribution in [0.2, 0.25) is 0 Å². The van der Waals surface area contributed by atoms with Gasteiger partial charge in [-0.05, 0) is 69.9 Å². The first-order chi connectivity index (χ1) is 11.8. The lowest BCUT2D eigenvalue weighted by Crippen LogP contribution is -2.34. The van der Waals surface area contributed by atoms with E-state index in [9.17, 15) is 0 Å². The Morgan fingerprint density at radius 1 is 0.800 bits per heavy atom. The summed E-state index contributed by atoms with van der Waals surface area (Å²) in [5, 5.41) is 0. The molecule has 0 bridgehead atoms. The summed E-state index contributed by atoms with van der Waals surface area (Å²) < 4.78 is 0. The van der Waals surface area contributed by atoms with Gasteiger partial charge in [0.15, 0.2) is 0 Å². The van der Waals surface area contributed by atoms with Crippen LogP contribution in [0.15, 0.2) is 12.2 Å². The second-order valence-electron chi connectivity index (χ2n) is 9.07. The molecule has 25 heavy (non-hydrogen) atoms. The summed E-state index contributed by atoms with van der Waals surface area (Å²) in [7, 11) is 2.36. The molecule has 0 aliphatic rings. The van der Waals surface area contributed by atoms with Crippen molar-refractivity contribution >= 4 is 0 Å². The van der Waals surface area contributed by atoms with Crippen LogP contribution in [0.3, 0.4) is 0 Å². The van der Waals surface area contributed by atoms with Crippen LogP contribution in [-0.4, -0.2) is 24.5 Å². The smallest absolute Gasteiger partial charge is 0.00922 e. The van der Waals surface area contributed by atoms with Crippen molar-refractivity contribution in [1.29, 1.82) is 0 Å². The quantitative estimate of drug-likeness (QED) is 0.275. The third-order valence-electron chi connectivity index (χ3n) is 5.85. The Hall–Kier alpha value is -0.300. The van der Waals surface area contributed by atoms with Crippen LogP contribution >= 0.6 is 0 Å². The van der Waals surface area contributed by atoms with E-state index in [2.05, 4.69) is 72.6 Å². The van der Waals surface area contributed by atoms with Crippen LogP contribution in [0.5, 0.6) is 0 Å². The SMILES string of the molecule is CC=CC(CC)CCN(C)C(CC)CC(CCC(C)C)CCC(C)C. The average Bonchev–Trinajstić information content (AvgIpc) is 2.57. The molecule has 2 atom stereocenters. The molecule has 0 aliphatic carbocycles. The minimum absolute atomic E-state index is 0.752. The fourth-order valence-corrected chi connectivity index (χ4v) is 3.82.